The third-order valence-corrected chi connectivity index (χ3v) is 4.10. The number of carboxylic acids is 1. The van der Waals surface area contributed by atoms with Crippen LogP contribution in [0.2, 0.25) is 4.34 Å². The van der Waals surface area contributed by atoms with Crippen molar-refractivity contribution in [2.45, 2.75) is 12.8 Å². The molecular weight excluding hydrogens is 264 g/mol. The normalized spacial score (nSPS) is 24.9. The van der Waals surface area contributed by atoms with Crippen LogP contribution in [0.3, 0.4) is 0 Å². The van der Waals surface area contributed by atoms with Crippen LogP contribution in [-0.2, 0) is 20.7 Å². The summed E-state index contributed by atoms with van der Waals surface area (Å²) in [4.78, 5) is 24.0. The van der Waals surface area contributed by atoms with Gasteiger partial charge in [0.2, 0.25) is 0 Å². The van der Waals surface area contributed by atoms with E-state index in [4.69, 9.17) is 16.3 Å². The summed E-state index contributed by atoms with van der Waals surface area (Å²) in [6.07, 6.45) is 0.309. The van der Waals surface area contributed by atoms with Gasteiger partial charge in [-0.25, -0.2) is 0 Å². The lowest BCUT2D eigenvalue weighted by molar-refractivity contribution is -0.164. The lowest BCUT2D eigenvalue weighted by Gasteiger charge is -2.31. The number of hydrogen-bond acceptors (Lipinski definition) is 4. The Morgan fingerprint density at radius 1 is 1.59 bits per heavy atom. The maximum absolute atomic E-state index is 11.9. The number of aliphatic carboxylic acids is 1. The van der Waals surface area contributed by atoms with E-state index in [1.807, 2.05) is 0 Å². The maximum atomic E-state index is 11.9. The summed E-state index contributed by atoms with van der Waals surface area (Å²) >= 11 is 7.09. The molecule has 6 heteroatoms. The van der Waals surface area contributed by atoms with Crippen LogP contribution in [0.4, 0.5) is 0 Å². The second-order valence-corrected chi connectivity index (χ2v) is 5.80. The van der Waals surface area contributed by atoms with Crippen molar-refractivity contribution in [1.82, 2.24) is 0 Å². The third kappa shape index (κ3) is 2.36. The van der Waals surface area contributed by atoms with Gasteiger partial charge in [0.05, 0.1) is 17.6 Å². The zero-order chi connectivity index (χ0) is 12.5. The van der Waals surface area contributed by atoms with Gasteiger partial charge in [0.1, 0.15) is 0 Å². The molecule has 1 aliphatic heterocycles. The van der Waals surface area contributed by atoms with Crippen LogP contribution in [0, 0.1) is 5.41 Å². The Labute approximate surface area is 107 Å². The number of Topliss-reactive ketones (excluding diaryl/α,β-unsaturated/α-hetero) is 1. The molecule has 1 unspecified atom stereocenters. The molecule has 0 saturated carbocycles. The Morgan fingerprint density at radius 2 is 2.35 bits per heavy atom. The fraction of sp³-hybridized carbons (Fsp3) is 0.455. The van der Waals surface area contributed by atoms with Crippen molar-refractivity contribution in [1.29, 1.82) is 0 Å². The predicted octanol–water partition coefficient (Wildman–Crippen LogP) is 2.00. The van der Waals surface area contributed by atoms with E-state index >= 15 is 0 Å². The van der Waals surface area contributed by atoms with Crippen molar-refractivity contribution in [3.05, 3.63) is 21.3 Å². The minimum absolute atomic E-state index is 0.0588. The molecule has 1 atom stereocenters. The Kier molecular flexibility index (Phi) is 3.51. The van der Waals surface area contributed by atoms with Crippen LogP contribution < -0.4 is 0 Å². The number of carbonyl (C=O) groups is 2. The molecule has 1 fully saturated rings. The van der Waals surface area contributed by atoms with Crippen molar-refractivity contribution in [2.24, 2.45) is 5.41 Å². The molecule has 1 N–H and O–H groups in total. The van der Waals surface area contributed by atoms with Gasteiger partial charge >= 0.3 is 5.97 Å². The van der Waals surface area contributed by atoms with Gasteiger partial charge in [-0.15, -0.1) is 11.3 Å². The van der Waals surface area contributed by atoms with Crippen LogP contribution >= 0.6 is 22.9 Å². The number of halogens is 1. The highest BCUT2D eigenvalue weighted by atomic mass is 35.5. The summed E-state index contributed by atoms with van der Waals surface area (Å²) in [5, 5.41) is 9.30. The molecule has 2 rings (SSSR count). The molecule has 92 valence electrons. The summed E-state index contributed by atoms with van der Waals surface area (Å²) in [5.41, 5.74) is -1.44. The quantitative estimate of drug-likeness (QED) is 0.857. The van der Waals surface area contributed by atoms with Crippen molar-refractivity contribution in [3.63, 3.8) is 0 Å². The number of ketones is 1. The molecule has 0 bridgehead atoms. The largest absolute Gasteiger partial charge is 0.480 e. The topological polar surface area (TPSA) is 63.6 Å². The number of ether oxygens (including phenoxy) is 1. The average Bonchev–Trinajstić information content (AvgIpc) is 2.67. The molecule has 0 aromatic carbocycles. The number of thiophene rings is 1. The molecule has 0 spiro atoms. The summed E-state index contributed by atoms with van der Waals surface area (Å²) in [6.45, 7) is 0.246. The Bertz CT molecular complexity index is 456. The van der Waals surface area contributed by atoms with Gasteiger partial charge in [0.25, 0.3) is 0 Å². The first kappa shape index (κ1) is 12.5. The SMILES string of the molecule is O=C(O)C1(Cc2ccc(Cl)s2)COCCC1=O. The summed E-state index contributed by atoms with van der Waals surface area (Å²) in [7, 11) is 0. The molecule has 0 amide bonds. The highest BCUT2D eigenvalue weighted by Crippen LogP contribution is 2.33. The summed E-state index contributed by atoms with van der Waals surface area (Å²) < 4.78 is 5.75. The van der Waals surface area contributed by atoms with Gasteiger partial charge < -0.3 is 9.84 Å². The lowest BCUT2D eigenvalue weighted by atomic mass is 9.78. The van der Waals surface area contributed by atoms with Crippen LogP contribution in [0.15, 0.2) is 12.1 Å². The number of carboxylic acid groups (broad SMARTS) is 1. The number of carbonyl (C=O) groups excluding carboxylic acids is 1. The molecular formula is C11H11ClO4S. The molecule has 1 aliphatic rings. The van der Waals surface area contributed by atoms with Gasteiger partial charge in [-0.1, -0.05) is 11.6 Å². The fourth-order valence-electron chi connectivity index (χ4n) is 1.88. The second kappa shape index (κ2) is 4.76. The van der Waals surface area contributed by atoms with Gasteiger partial charge in [0, 0.05) is 17.7 Å². The molecule has 0 radical (unpaired) electrons. The average molecular weight is 275 g/mol. The first-order valence-electron chi connectivity index (χ1n) is 5.13. The van der Waals surface area contributed by atoms with E-state index in [1.165, 1.54) is 11.3 Å². The van der Waals surface area contributed by atoms with Crippen LogP contribution in [0.1, 0.15) is 11.3 Å². The standard InChI is InChI=1S/C11H11ClO4S/c12-9-2-1-7(17-9)5-11(10(14)15)6-16-4-3-8(11)13/h1-2H,3-6H2,(H,14,15). The van der Waals surface area contributed by atoms with Crippen molar-refractivity contribution < 1.29 is 19.4 Å². The zero-order valence-corrected chi connectivity index (χ0v) is 10.5. The first-order chi connectivity index (χ1) is 8.04. The molecule has 0 aliphatic carbocycles. The Balaban J connectivity index is 2.28. The highest BCUT2D eigenvalue weighted by Gasteiger charge is 2.48. The molecule has 4 nitrogen and oxygen atoms in total. The van der Waals surface area contributed by atoms with Crippen LogP contribution in [-0.4, -0.2) is 30.1 Å². The van der Waals surface area contributed by atoms with Gasteiger partial charge in [-0.05, 0) is 12.1 Å². The highest BCUT2D eigenvalue weighted by molar-refractivity contribution is 7.16. The second-order valence-electron chi connectivity index (χ2n) is 4.00. The molecule has 1 aromatic rings. The zero-order valence-electron chi connectivity index (χ0n) is 8.94. The third-order valence-electron chi connectivity index (χ3n) is 2.87. The monoisotopic (exact) mass is 274 g/mol. The van der Waals surface area contributed by atoms with Crippen LogP contribution in [0.25, 0.3) is 0 Å². The van der Waals surface area contributed by atoms with Crippen molar-refractivity contribution >= 4 is 34.7 Å². The van der Waals surface area contributed by atoms with E-state index in [0.717, 1.165) is 4.88 Å². The minimum Gasteiger partial charge on any atom is -0.480 e. The van der Waals surface area contributed by atoms with Crippen LogP contribution in [0.5, 0.6) is 0 Å². The van der Waals surface area contributed by atoms with Gasteiger partial charge in [-0.2, -0.15) is 0 Å². The van der Waals surface area contributed by atoms with E-state index in [9.17, 15) is 14.7 Å². The van der Waals surface area contributed by atoms with Crippen molar-refractivity contribution in [3.8, 4) is 0 Å². The Morgan fingerprint density at radius 3 is 2.88 bits per heavy atom. The van der Waals surface area contributed by atoms with Crippen molar-refractivity contribution in [2.75, 3.05) is 13.2 Å². The number of rotatable bonds is 3. The first-order valence-corrected chi connectivity index (χ1v) is 6.33. The lowest BCUT2D eigenvalue weighted by Crippen LogP contribution is -2.48. The molecule has 1 saturated heterocycles. The Hall–Kier alpha value is -0.910. The van der Waals surface area contributed by atoms with E-state index in [-0.39, 0.29) is 25.2 Å². The van der Waals surface area contributed by atoms with E-state index in [0.29, 0.717) is 10.9 Å². The summed E-state index contributed by atoms with van der Waals surface area (Å²) in [5.74, 6) is -1.38. The predicted molar refractivity (Wildman–Crippen MR) is 63.5 cm³/mol. The minimum atomic E-state index is -1.44. The van der Waals surface area contributed by atoms with Gasteiger partial charge in [0.15, 0.2) is 11.2 Å². The number of hydrogen-bond donors (Lipinski definition) is 1. The van der Waals surface area contributed by atoms with Gasteiger partial charge in [-0.3, -0.25) is 9.59 Å². The fourth-order valence-corrected chi connectivity index (χ4v) is 3.08. The smallest absolute Gasteiger partial charge is 0.319 e. The maximum Gasteiger partial charge on any atom is 0.319 e. The molecule has 2 heterocycles. The van der Waals surface area contributed by atoms with E-state index < -0.39 is 11.4 Å². The summed E-state index contributed by atoms with van der Waals surface area (Å²) in [6, 6.07) is 3.45. The van der Waals surface area contributed by atoms with E-state index in [2.05, 4.69) is 0 Å². The van der Waals surface area contributed by atoms with E-state index in [1.54, 1.807) is 12.1 Å². The molecule has 1 aromatic heterocycles. The molecule has 17 heavy (non-hydrogen) atoms.